The lowest BCUT2D eigenvalue weighted by Crippen LogP contribution is -2.37. The largest absolute Gasteiger partial charge is 0.393 e. The van der Waals surface area contributed by atoms with Gasteiger partial charge in [-0.3, -0.25) is 0 Å². The van der Waals surface area contributed by atoms with E-state index in [1.165, 1.54) is 13.3 Å². The predicted octanol–water partition coefficient (Wildman–Crippen LogP) is -0.320. The zero-order chi connectivity index (χ0) is 12.2. The zero-order valence-corrected chi connectivity index (χ0v) is 10.3. The van der Waals surface area contributed by atoms with E-state index in [0.29, 0.717) is 16.1 Å². The summed E-state index contributed by atoms with van der Waals surface area (Å²) >= 11 is 3.26. The molecule has 0 spiro atoms. The molecule has 0 saturated heterocycles. The van der Waals surface area contributed by atoms with E-state index in [4.69, 9.17) is 10.9 Å². The molecule has 1 heterocycles. The molecule has 1 atom stereocenters. The molecule has 1 rings (SSSR count). The highest BCUT2D eigenvalue weighted by molar-refractivity contribution is 9.10. The fourth-order valence-electron chi connectivity index (χ4n) is 0.924. The van der Waals surface area contributed by atoms with Crippen molar-refractivity contribution in [2.24, 2.45) is 5.84 Å². The normalized spacial score (nSPS) is 14.3. The summed E-state index contributed by atoms with van der Waals surface area (Å²) in [5.74, 6) is 6.15. The van der Waals surface area contributed by atoms with Gasteiger partial charge in [0.1, 0.15) is 22.2 Å². The van der Waals surface area contributed by atoms with E-state index < -0.39 is 5.60 Å². The first kappa shape index (κ1) is 13.1. The molecule has 7 nitrogen and oxygen atoms in total. The van der Waals surface area contributed by atoms with Gasteiger partial charge in [0, 0.05) is 6.54 Å². The fraction of sp³-hybridized carbons (Fsp3) is 0.500. The average Bonchev–Trinajstić information content (AvgIpc) is 2.28. The number of hydrogen-bond donors (Lipinski definition) is 5. The number of aliphatic hydroxyl groups is 2. The second kappa shape index (κ2) is 5.39. The summed E-state index contributed by atoms with van der Waals surface area (Å²) < 4.78 is 0.561. The van der Waals surface area contributed by atoms with Gasteiger partial charge < -0.3 is 21.0 Å². The average molecular weight is 292 g/mol. The Labute approximate surface area is 101 Å². The van der Waals surface area contributed by atoms with E-state index in [-0.39, 0.29) is 13.2 Å². The minimum Gasteiger partial charge on any atom is -0.393 e. The third kappa shape index (κ3) is 3.27. The van der Waals surface area contributed by atoms with Gasteiger partial charge in [-0.25, -0.2) is 15.8 Å². The number of nitrogen functional groups attached to an aromatic ring is 1. The van der Waals surface area contributed by atoms with Crippen LogP contribution in [0.3, 0.4) is 0 Å². The molecular weight excluding hydrogens is 278 g/mol. The van der Waals surface area contributed by atoms with Crippen LogP contribution in [-0.2, 0) is 0 Å². The van der Waals surface area contributed by atoms with Gasteiger partial charge in [0.05, 0.1) is 6.61 Å². The number of hydrazine groups is 1. The Bertz CT molecular complexity index is 360. The van der Waals surface area contributed by atoms with E-state index >= 15 is 0 Å². The molecule has 0 amide bonds. The number of anilines is 2. The van der Waals surface area contributed by atoms with E-state index in [9.17, 15) is 5.11 Å². The molecule has 0 radical (unpaired) electrons. The maximum absolute atomic E-state index is 9.59. The zero-order valence-electron chi connectivity index (χ0n) is 8.74. The van der Waals surface area contributed by atoms with Crippen molar-refractivity contribution in [2.45, 2.75) is 12.5 Å². The summed E-state index contributed by atoms with van der Waals surface area (Å²) in [6.07, 6.45) is 1.33. The molecule has 0 aliphatic heterocycles. The van der Waals surface area contributed by atoms with Crippen LogP contribution in [0.4, 0.5) is 11.6 Å². The Kier molecular flexibility index (Phi) is 4.42. The van der Waals surface area contributed by atoms with Crippen LogP contribution >= 0.6 is 15.9 Å². The number of nitrogens with zero attached hydrogens (tertiary/aromatic N) is 2. The third-order valence-electron chi connectivity index (χ3n) is 1.90. The lowest BCUT2D eigenvalue weighted by atomic mass is 10.1. The van der Waals surface area contributed by atoms with Gasteiger partial charge >= 0.3 is 0 Å². The monoisotopic (exact) mass is 291 g/mol. The Morgan fingerprint density at radius 2 is 2.12 bits per heavy atom. The van der Waals surface area contributed by atoms with E-state index in [1.54, 1.807) is 0 Å². The van der Waals surface area contributed by atoms with Gasteiger partial charge in [0.25, 0.3) is 0 Å². The van der Waals surface area contributed by atoms with Crippen molar-refractivity contribution in [1.82, 2.24) is 9.97 Å². The lowest BCUT2D eigenvalue weighted by Gasteiger charge is -2.21. The molecule has 1 aromatic rings. The van der Waals surface area contributed by atoms with Crippen molar-refractivity contribution in [2.75, 3.05) is 23.9 Å². The van der Waals surface area contributed by atoms with Crippen LogP contribution in [0.1, 0.15) is 6.92 Å². The highest BCUT2D eigenvalue weighted by Crippen LogP contribution is 2.25. The number of halogens is 1. The van der Waals surface area contributed by atoms with Crippen LogP contribution in [-0.4, -0.2) is 38.9 Å². The summed E-state index contributed by atoms with van der Waals surface area (Å²) in [7, 11) is 0. The Balaban J connectivity index is 2.75. The van der Waals surface area contributed by atoms with Gasteiger partial charge in [-0.2, -0.15) is 0 Å². The van der Waals surface area contributed by atoms with Crippen LogP contribution in [0.2, 0.25) is 0 Å². The standard InChI is InChI=1S/C8H14BrN5O2/c1-8(16,3-15)2-11-6-5(9)7(14-10)13-4-12-6/h4,15-16H,2-3,10H2,1H3,(H2,11,12,13,14). The molecule has 1 unspecified atom stereocenters. The first-order valence-electron chi connectivity index (χ1n) is 4.54. The maximum atomic E-state index is 9.59. The highest BCUT2D eigenvalue weighted by atomic mass is 79.9. The summed E-state index contributed by atoms with van der Waals surface area (Å²) in [4.78, 5) is 7.84. The van der Waals surface area contributed by atoms with Crippen molar-refractivity contribution < 1.29 is 10.2 Å². The summed E-state index contributed by atoms with van der Waals surface area (Å²) in [6, 6.07) is 0. The number of aromatic nitrogens is 2. The van der Waals surface area contributed by atoms with E-state index in [0.717, 1.165) is 0 Å². The first-order valence-corrected chi connectivity index (χ1v) is 5.33. The molecule has 0 bridgehead atoms. The van der Waals surface area contributed by atoms with Crippen LogP contribution in [0.15, 0.2) is 10.8 Å². The number of nitrogens with two attached hydrogens (primary N) is 1. The van der Waals surface area contributed by atoms with Gasteiger partial charge in [-0.1, -0.05) is 0 Å². The predicted molar refractivity (Wildman–Crippen MR) is 63.7 cm³/mol. The first-order chi connectivity index (χ1) is 7.50. The van der Waals surface area contributed by atoms with Gasteiger partial charge in [0.2, 0.25) is 0 Å². The minimum absolute atomic E-state index is 0.156. The summed E-state index contributed by atoms with van der Waals surface area (Å²) in [6.45, 7) is 1.32. The molecule has 0 aliphatic rings. The number of hydrogen-bond acceptors (Lipinski definition) is 7. The Hall–Kier alpha value is -0.960. The molecule has 1 aromatic heterocycles. The highest BCUT2D eigenvalue weighted by Gasteiger charge is 2.19. The molecule has 16 heavy (non-hydrogen) atoms. The quantitative estimate of drug-likeness (QED) is 0.373. The van der Waals surface area contributed by atoms with Crippen LogP contribution in [0.25, 0.3) is 0 Å². The molecular formula is C8H14BrN5O2. The second-order valence-corrected chi connectivity index (χ2v) is 4.33. The fourth-order valence-corrected chi connectivity index (χ4v) is 1.38. The number of nitrogens with one attached hydrogen (secondary N) is 2. The van der Waals surface area contributed by atoms with Crippen molar-refractivity contribution in [3.8, 4) is 0 Å². The van der Waals surface area contributed by atoms with Crippen LogP contribution in [0.5, 0.6) is 0 Å². The topological polar surface area (TPSA) is 116 Å². The Morgan fingerprint density at radius 3 is 2.69 bits per heavy atom. The molecule has 8 heteroatoms. The summed E-state index contributed by atoms with van der Waals surface area (Å²) in [5.41, 5.74) is 1.19. The van der Waals surface area contributed by atoms with Crippen molar-refractivity contribution in [1.29, 1.82) is 0 Å². The van der Waals surface area contributed by atoms with E-state index in [2.05, 4.69) is 36.6 Å². The van der Waals surface area contributed by atoms with Crippen molar-refractivity contribution in [3.63, 3.8) is 0 Å². The number of rotatable bonds is 5. The van der Waals surface area contributed by atoms with Gasteiger partial charge in [-0.15, -0.1) is 0 Å². The van der Waals surface area contributed by atoms with E-state index in [1.807, 2.05) is 0 Å². The van der Waals surface area contributed by atoms with Crippen molar-refractivity contribution in [3.05, 3.63) is 10.8 Å². The van der Waals surface area contributed by atoms with Gasteiger partial charge in [-0.05, 0) is 22.9 Å². The smallest absolute Gasteiger partial charge is 0.159 e. The summed E-state index contributed by atoms with van der Waals surface area (Å²) in [5, 5.41) is 21.3. The third-order valence-corrected chi connectivity index (χ3v) is 2.65. The molecule has 6 N–H and O–H groups in total. The molecule has 0 aliphatic carbocycles. The van der Waals surface area contributed by atoms with Crippen LogP contribution in [0, 0.1) is 0 Å². The van der Waals surface area contributed by atoms with Gasteiger partial charge in [0.15, 0.2) is 5.82 Å². The minimum atomic E-state index is -1.21. The number of aliphatic hydroxyl groups excluding tert-OH is 1. The molecule has 0 saturated carbocycles. The second-order valence-electron chi connectivity index (χ2n) is 3.54. The Morgan fingerprint density at radius 1 is 1.50 bits per heavy atom. The molecule has 0 aromatic carbocycles. The molecule has 90 valence electrons. The SMILES string of the molecule is CC(O)(CO)CNc1ncnc(NN)c1Br. The van der Waals surface area contributed by atoms with Crippen LogP contribution < -0.4 is 16.6 Å². The lowest BCUT2D eigenvalue weighted by molar-refractivity contribution is 0.0131. The van der Waals surface area contributed by atoms with Crippen molar-refractivity contribution >= 4 is 27.6 Å². The molecule has 0 fully saturated rings. The maximum Gasteiger partial charge on any atom is 0.159 e.